The molecule has 2 unspecified atom stereocenters. The average molecular weight is 511 g/mol. The fraction of sp³-hybridized carbons (Fsp3) is 0.208. The van der Waals surface area contributed by atoms with Crippen LogP contribution < -0.4 is 14.4 Å². The summed E-state index contributed by atoms with van der Waals surface area (Å²) >= 11 is 1.97. The zero-order valence-corrected chi connectivity index (χ0v) is 20.7. The predicted molar refractivity (Wildman–Crippen MR) is 125 cm³/mol. The second-order valence-corrected chi connectivity index (χ2v) is 11.3. The Balaban J connectivity index is 1.82. The zero-order valence-electron chi connectivity index (χ0n) is 17.7. The summed E-state index contributed by atoms with van der Waals surface area (Å²) in [7, 11) is -3.89. The van der Waals surface area contributed by atoms with Gasteiger partial charge in [-0.15, -0.1) is 0 Å². The van der Waals surface area contributed by atoms with Gasteiger partial charge in [0.25, 0.3) is 0 Å². The fourth-order valence-corrected chi connectivity index (χ4v) is 5.78. The number of rotatable bonds is 10. The first-order chi connectivity index (χ1) is 15.4. The van der Waals surface area contributed by atoms with Crippen molar-refractivity contribution in [3.8, 4) is 11.5 Å². The van der Waals surface area contributed by atoms with E-state index in [-0.39, 0.29) is 11.4 Å². The van der Waals surface area contributed by atoms with Crippen LogP contribution in [0.15, 0.2) is 91.0 Å². The summed E-state index contributed by atoms with van der Waals surface area (Å²) in [5, 5.41) is 2.73. The van der Waals surface area contributed by atoms with Crippen LogP contribution in [0.3, 0.4) is 0 Å². The number of carbonyl (C=O) groups excluding carboxylic acids is 1. The Bertz CT molecular complexity index is 973. The van der Waals surface area contributed by atoms with Crippen LogP contribution >= 0.6 is 7.60 Å². The molecule has 32 heavy (non-hydrogen) atoms. The van der Waals surface area contributed by atoms with Gasteiger partial charge in [0.2, 0.25) is 0 Å². The molecule has 6 nitrogen and oxygen atoms in total. The Hall–Kier alpha value is -2.70. The molecule has 1 N–H and O–H groups in total. The van der Waals surface area contributed by atoms with Gasteiger partial charge in [-0.2, -0.15) is 0 Å². The Morgan fingerprint density at radius 2 is 1.34 bits per heavy atom. The van der Waals surface area contributed by atoms with Gasteiger partial charge in [0.15, 0.2) is 0 Å². The van der Waals surface area contributed by atoms with Crippen molar-refractivity contribution in [3.63, 3.8) is 0 Å². The normalized spacial score (nSPS) is 12.9. The van der Waals surface area contributed by atoms with E-state index in [0.717, 1.165) is 5.56 Å². The van der Waals surface area contributed by atoms with E-state index >= 15 is 0 Å². The van der Waals surface area contributed by atoms with Gasteiger partial charge in [0, 0.05) is 0 Å². The Kier molecular flexibility index (Phi) is 8.83. The van der Waals surface area contributed by atoms with Crippen molar-refractivity contribution >= 4 is 30.2 Å². The Morgan fingerprint density at radius 1 is 0.875 bits per heavy atom. The van der Waals surface area contributed by atoms with Crippen molar-refractivity contribution in [2.45, 2.75) is 30.5 Å². The van der Waals surface area contributed by atoms with Crippen LogP contribution in [0.4, 0.5) is 4.79 Å². The van der Waals surface area contributed by atoms with E-state index in [4.69, 9.17) is 13.8 Å². The fourth-order valence-electron chi connectivity index (χ4n) is 2.91. The third-order valence-electron chi connectivity index (χ3n) is 4.41. The summed E-state index contributed by atoms with van der Waals surface area (Å²) in [6, 6.07) is 26.9. The summed E-state index contributed by atoms with van der Waals surface area (Å²) in [5.41, 5.74) is 0.854. The first kappa shape index (κ1) is 24.0. The monoisotopic (exact) mass is 512 g/mol. The maximum absolute atomic E-state index is 14.1. The third kappa shape index (κ3) is 7.46. The quantitative estimate of drug-likeness (QED) is 0.269. The van der Waals surface area contributed by atoms with Crippen LogP contribution in [0.25, 0.3) is 0 Å². The second kappa shape index (κ2) is 11.8. The van der Waals surface area contributed by atoms with Crippen molar-refractivity contribution in [3.05, 3.63) is 96.6 Å². The summed E-state index contributed by atoms with van der Waals surface area (Å²) in [5.74, 6) is -0.133. The van der Waals surface area contributed by atoms with E-state index in [2.05, 4.69) is 5.32 Å². The van der Waals surface area contributed by atoms with E-state index in [1.165, 1.54) is 0 Å². The molecule has 0 aliphatic carbocycles. The Morgan fingerprint density at radius 3 is 1.81 bits per heavy atom. The molecule has 0 aliphatic heterocycles. The van der Waals surface area contributed by atoms with Gasteiger partial charge >= 0.3 is 197 Å². The van der Waals surface area contributed by atoms with Crippen LogP contribution in [0, 0.1) is 0 Å². The van der Waals surface area contributed by atoms with E-state index < -0.39 is 19.5 Å². The second-order valence-electron chi connectivity index (χ2n) is 7.21. The summed E-state index contributed by atoms with van der Waals surface area (Å²) in [4.78, 5) is 12.6. The summed E-state index contributed by atoms with van der Waals surface area (Å²) in [6.07, 6.45) is -0.315. The number of hydrogen-bond donors (Lipinski definition) is 1. The SMILES string of the molecule is C[CH]([Ge])CC(NC(=O)OCc1ccccc1)P(=O)(Oc1ccccc1)Oc1ccccc1. The molecule has 0 saturated carbocycles. The molecule has 0 spiro atoms. The van der Waals surface area contributed by atoms with Crippen LogP contribution in [0.5, 0.6) is 11.5 Å². The van der Waals surface area contributed by atoms with Crippen molar-refractivity contribution in [1.82, 2.24) is 5.32 Å². The Labute approximate surface area is 197 Å². The standard InChI is InChI=1S/C24H25GeNO5P/c1-19(25)17-23(26-24(27)29-18-20-11-5-2-6-12-20)32(28,30-21-13-7-3-8-14-21)31-22-15-9-4-10-16-22/h2-16,19,23H,17-18H2,1H3,(H,26,27). The minimum absolute atomic E-state index is 0.102. The van der Waals surface area contributed by atoms with Gasteiger partial charge < -0.3 is 0 Å². The number of nitrogens with one attached hydrogen (secondary N) is 1. The molecule has 2 atom stereocenters. The van der Waals surface area contributed by atoms with Crippen LogP contribution in [-0.4, -0.2) is 28.4 Å². The zero-order chi connectivity index (χ0) is 22.8. The molecule has 0 heterocycles. The van der Waals surface area contributed by atoms with E-state index in [1.54, 1.807) is 48.5 Å². The number of amides is 1. The first-order valence-electron chi connectivity index (χ1n) is 10.2. The molecule has 0 bridgehead atoms. The van der Waals surface area contributed by atoms with Crippen LogP contribution in [0.1, 0.15) is 18.9 Å². The third-order valence-corrected chi connectivity index (χ3v) is 6.94. The van der Waals surface area contributed by atoms with Gasteiger partial charge in [0.1, 0.15) is 0 Å². The van der Waals surface area contributed by atoms with Crippen LogP contribution in [0.2, 0.25) is 4.75 Å². The minimum atomic E-state index is -3.89. The molecule has 3 aromatic carbocycles. The molecular weight excluding hydrogens is 486 g/mol. The van der Waals surface area contributed by atoms with Gasteiger partial charge in [-0.05, 0) is 0 Å². The first-order valence-corrected chi connectivity index (χ1v) is 13.0. The number of para-hydroxylation sites is 2. The molecule has 0 fully saturated rings. The number of ether oxygens (including phenoxy) is 1. The van der Waals surface area contributed by atoms with Gasteiger partial charge in [-0.3, -0.25) is 0 Å². The number of alkyl carbamates (subject to hydrolysis) is 1. The van der Waals surface area contributed by atoms with Crippen molar-refractivity contribution in [2.75, 3.05) is 0 Å². The molecule has 0 saturated heterocycles. The average Bonchev–Trinajstić information content (AvgIpc) is 2.79. The molecule has 1 amide bonds. The van der Waals surface area contributed by atoms with Gasteiger partial charge in [0.05, 0.1) is 0 Å². The predicted octanol–water partition coefficient (Wildman–Crippen LogP) is 5.96. The number of carbonyl (C=O) groups is 1. The topological polar surface area (TPSA) is 73.9 Å². The maximum atomic E-state index is 14.1. The van der Waals surface area contributed by atoms with Crippen LogP contribution in [-0.2, 0) is 15.9 Å². The molecular formula is C24H25GeNO5P. The molecule has 0 aliphatic rings. The molecule has 3 rings (SSSR count). The number of benzene rings is 3. The van der Waals surface area contributed by atoms with Gasteiger partial charge in [-0.1, -0.05) is 0 Å². The van der Waals surface area contributed by atoms with Crippen molar-refractivity contribution in [1.29, 1.82) is 0 Å². The summed E-state index contributed by atoms with van der Waals surface area (Å²) < 4.78 is 31.3. The molecule has 165 valence electrons. The molecule has 0 aromatic heterocycles. The van der Waals surface area contributed by atoms with E-state index in [9.17, 15) is 9.36 Å². The molecule has 8 heteroatoms. The molecule has 3 aromatic rings. The van der Waals surface area contributed by atoms with E-state index in [1.807, 2.05) is 65.9 Å². The number of hydrogen-bond acceptors (Lipinski definition) is 5. The van der Waals surface area contributed by atoms with Crippen molar-refractivity contribution < 1.29 is 23.1 Å². The summed E-state index contributed by atoms with van der Waals surface area (Å²) in [6.45, 7) is 2.07. The van der Waals surface area contributed by atoms with E-state index in [0.29, 0.717) is 17.9 Å². The molecule has 3 radical (unpaired) electrons. The van der Waals surface area contributed by atoms with Gasteiger partial charge in [-0.25, -0.2) is 0 Å². The van der Waals surface area contributed by atoms with Crippen molar-refractivity contribution in [2.24, 2.45) is 0 Å².